The van der Waals surface area contributed by atoms with E-state index in [0.29, 0.717) is 30.8 Å². The number of imidazole rings is 1. The number of rotatable bonds is 4. The summed E-state index contributed by atoms with van der Waals surface area (Å²) in [6.07, 6.45) is 3.98. The minimum absolute atomic E-state index is 0.0903. The number of halogens is 3. The fraction of sp³-hybridized carbons (Fsp3) is 0.350. The van der Waals surface area contributed by atoms with E-state index in [-0.39, 0.29) is 30.5 Å². The average molecular weight is 387 g/mol. The molecule has 1 saturated carbocycles. The number of benzene rings is 1. The van der Waals surface area contributed by atoms with Gasteiger partial charge in [-0.2, -0.15) is 0 Å². The Hall–Kier alpha value is -2.90. The highest BCUT2D eigenvalue weighted by Gasteiger charge is 2.35. The van der Waals surface area contributed by atoms with Gasteiger partial charge in [-0.1, -0.05) is 0 Å². The first-order valence-corrected chi connectivity index (χ1v) is 9.19. The maximum Gasteiger partial charge on any atom is 0.248 e. The molecule has 0 atom stereocenters. The molecule has 1 aliphatic rings. The second-order valence-electron chi connectivity index (χ2n) is 7.20. The molecule has 8 heteroatoms. The summed E-state index contributed by atoms with van der Waals surface area (Å²) < 4.78 is 42.2. The molecule has 4 rings (SSSR count). The predicted molar refractivity (Wildman–Crippen MR) is 100.0 cm³/mol. The van der Waals surface area contributed by atoms with Gasteiger partial charge in [0.2, 0.25) is 11.9 Å². The third-order valence-electron chi connectivity index (χ3n) is 5.16. The summed E-state index contributed by atoms with van der Waals surface area (Å²) >= 11 is 0. The quantitative estimate of drug-likeness (QED) is 0.713. The minimum atomic E-state index is -2.56. The topological polar surface area (TPSA) is 69.6 Å². The second kappa shape index (κ2) is 7.26. The molecule has 0 radical (unpaired) electrons. The van der Waals surface area contributed by atoms with Crippen molar-refractivity contribution in [1.29, 1.82) is 0 Å². The van der Waals surface area contributed by atoms with Crippen molar-refractivity contribution in [2.75, 3.05) is 5.73 Å². The van der Waals surface area contributed by atoms with E-state index in [9.17, 15) is 13.2 Å². The average Bonchev–Trinajstić information content (AvgIpc) is 3.07. The van der Waals surface area contributed by atoms with Gasteiger partial charge in [-0.05, 0) is 49.1 Å². The standard InChI is InChI=1S/C20H20F3N5/c21-15-3-1-14(2-4-15)17-18(16-7-10-25-19(24)27-16)28(12-26-17)11-13-5-8-20(22,23)9-6-13/h1-4,7,10,12-13H,5-6,8-9,11H2,(H2,24,25,27). The number of hydrogen-bond donors (Lipinski definition) is 1. The molecule has 28 heavy (non-hydrogen) atoms. The van der Waals surface area contributed by atoms with E-state index in [1.807, 2.05) is 4.57 Å². The van der Waals surface area contributed by atoms with E-state index in [0.717, 1.165) is 11.3 Å². The normalized spacial score (nSPS) is 17.0. The Labute approximate surface area is 160 Å². The molecule has 2 aromatic heterocycles. The highest BCUT2D eigenvalue weighted by molar-refractivity contribution is 5.77. The Bertz CT molecular complexity index is 958. The number of nitrogen functional groups attached to an aromatic ring is 1. The lowest BCUT2D eigenvalue weighted by atomic mass is 9.86. The van der Waals surface area contributed by atoms with Gasteiger partial charge in [0.1, 0.15) is 5.82 Å². The third kappa shape index (κ3) is 3.85. The van der Waals surface area contributed by atoms with Crippen LogP contribution >= 0.6 is 0 Å². The zero-order valence-corrected chi connectivity index (χ0v) is 15.2. The Balaban J connectivity index is 1.71. The van der Waals surface area contributed by atoms with Crippen molar-refractivity contribution in [3.05, 3.63) is 48.7 Å². The summed E-state index contributed by atoms with van der Waals surface area (Å²) in [5.74, 6) is -2.63. The number of alkyl halides is 2. The molecule has 1 fully saturated rings. The number of nitrogens with two attached hydrogens (primary N) is 1. The fourth-order valence-corrected chi connectivity index (χ4v) is 3.67. The molecule has 0 spiro atoms. The molecule has 2 N–H and O–H groups in total. The maximum atomic E-state index is 13.5. The number of nitrogens with zero attached hydrogens (tertiary/aromatic N) is 4. The number of anilines is 1. The minimum Gasteiger partial charge on any atom is -0.368 e. The highest BCUT2D eigenvalue weighted by Crippen LogP contribution is 2.38. The van der Waals surface area contributed by atoms with Crippen LogP contribution in [0.1, 0.15) is 25.7 Å². The lowest BCUT2D eigenvalue weighted by molar-refractivity contribution is -0.0472. The van der Waals surface area contributed by atoms with Gasteiger partial charge >= 0.3 is 0 Å². The monoisotopic (exact) mass is 387 g/mol. The SMILES string of the molecule is Nc1nccc(-c2c(-c3ccc(F)cc3)ncn2CC2CCC(F)(F)CC2)n1. The Kier molecular flexibility index (Phi) is 4.78. The van der Waals surface area contributed by atoms with E-state index < -0.39 is 5.92 Å². The second-order valence-corrected chi connectivity index (χ2v) is 7.20. The van der Waals surface area contributed by atoms with E-state index >= 15 is 0 Å². The Morgan fingerprint density at radius 2 is 1.79 bits per heavy atom. The van der Waals surface area contributed by atoms with Crippen molar-refractivity contribution < 1.29 is 13.2 Å². The van der Waals surface area contributed by atoms with Crippen LogP contribution in [0, 0.1) is 11.7 Å². The molecular formula is C20H20F3N5. The molecule has 1 aliphatic carbocycles. The summed E-state index contributed by atoms with van der Waals surface area (Å²) in [5.41, 5.74) is 8.44. The maximum absolute atomic E-state index is 13.5. The van der Waals surface area contributed by atoms with Crippen LogP contribution in [0.25, 0.3) is 22.6 Å². The largest absolute Gasteiger partial charge is 0.368 e. The summed E-state index contributed by atoms with van der Waals surface area (Å²) in [6, 6.07) is 7.77. The van der Waals surface area contributed by atoms with Crippen LogP contribution in [-0.4, -0.2) is 25.4 Å². The Morgan fingerprint density at radius 3 is 2.46 bits per heavy atom. The summed E-state index contributed by atoms with van der Waals surface area (Å²) in [5, 5.41) is 0. The van der Waals surface area contributed by atoms with Crippen LogP contribution < -0.4 is 5.73 Å². The van der Waals surface area contributed by atoms with Crippen molar-refractivity contribution in [3.8, 4) is 22.6 Å². The zero-order chi connectivity index (χ0) is 19.7. The van der Waals surface area contributed by atoms with E-state index in [1.54, 1.807) is 30.7 Å². The first kappa shape index (κ1) is 18.5. The van der Waals surface area contributed by atoms with Gasteiger partial charge in [-0.15, -0.1) is 0 Å². The molecule has 0 saturated heterocycles. The molecule has 0 aliphatic heterocycles. The van der Waals surface area contributed by atoms with Crippen LogP contribution in [0.2, 0.25) is 0 Å². The van der Waals surface area contributed by atoms with Crippen molar-refractivity contribution in [1.82, 2.24) is 19.5 Å². The van der Waals surface area contributed by atoms with E-state index in [1.165, 1.54) is 12.1 Å². The van der Waals surface area contributed by atoms with Crippen LogP contribution in [0.4, 0.5) is 19.1 Å². The van der Waals surface area contributed by atoms with Gasteiger partial charge in [-0.3, -0.25) is 0 Å². The number of aromatic nitrogens is 4. The highest BCUT2D eigenvalue weighted by atomic mass is 19.3. The van der Waals surface area contributed by atoms with Crippen molar-refractivity contribution in [2.24, 2.45) is 5.92 Å². The molecule has 2 heterocycles. The van der Waals surface area contributed by atoms with Crippen molar-refractivity contribution in [3.63, 3.8) is 0 Å². The van der Waals surface area contributed by atoms with Crippen LogP contribution in [0.5, 0.6) is 0 Å². The lowest BCUT2D eigenvalue weighted by Crippen LogP contribution is -2.26. The van der Waals surface area contributed by atoms with Gasteiger partial charge < -0.3 is 10.3 Å². The van der Waals surface area contributed by atoms with Gasteiger partial charge in [-0.25, -0.2) is 28.1 Å². The fourth-order valence-electron chi connectivity index (χ4n) is 3.67. The summed E-state index contributed by atoms with van der Waals surface area (Å²) in [4.78, 5) is 12.7. The van der Waals surface area contributed by atoms with Gasteiger partial charge in [0.25, 0.3) is 0 Å². The molecule has 0 unspecified atom stereocenters. The molecule has 0 bridgehead atoms. The smallest absolute Gasteiger partial charge is 0.248 e. The summed E-state index contributed by atoms with van der Waals surface area (Å²) in [6.45, 7) is 0.559. The Morgan fingerprint density at radius 1 is 1.07 bits per heavy atom. The molecular weight excluding hydrogens is 367 g/mol. The van der Waals surface area contributed by atoms with Crippen LogP contribution in [0.3, 0.4) is 0 Å². The first-order valence-electron chi connectivity index (χ1n) is 9.19. The zero-order valence-electron chi connectivity index (χ0n) is 15.2. The van der Waals surface area contributed by atoms with Crippen LogP contribution in [-0.2, 0) is 6.54 Å². The first-order chi connectivity index (χ1) is 13.4. The van der Waals surface area contributed by atoms with Crippen molar-refractivity contribution >= 4 is 5.95 Å². The molecule has 5 nitrogen and oxygen atoms in total. The third-order valence-corrected chi connectivity index (χ3v) is 5.16. The van der Waals surface area contributed by atoms with Gasteiger partial charge in [0.05, 0.1) is 23.4 Å². The lowest BCUT2D eigenvalue weighted by Gasteiger charge is -2.28. The number of hydrogen-bond acceptors (Lipinski definition) is 4. The predicted octanol–water partition coefficient (Wildman–Crippen LogP) is 4.55. The summed E-state index contributed by atoms with van der Waals surface area (Å²) in [7, 11) is 0. The molecule has 0 amide bonds. The van der Waals surface area contributed by atoms with Crippen molar-refractivity contribution in [2.45, 2.75) is 38.2 Å². The molecule has 146 valence electrons. The molecule has 1 aromatic carbocycles. The van der Waals surface area contributed by atoms with E-state index in [2.05, 4.69) is 15.0 Å². The van der Waals surface area contributed by atoms with E-state index in [4.69, 9.17) is 5.73 Å². The molecule has 3 aromatic rings. The van der Waals surface area contributed by atoms with Gasteiger partial charge in [0.15, 0.2) is 0 Å². The van der Waals surface area contributed by atoms with Crippen LogP contribution in [0.15, 0.2) is 42.9 Å². The van der Waals surface area contributed by atoms with Gasteiger partial charge in [0, 0.05) is 31.1 Å².